The number of nitrogens with one attached hydrogen (secondary N) is 1. The van der Waals surface area contributed by atoms with Crippen molar-refractivity contribution in [3.05, 3.63) is 131 Å². The van der Waals surface area contributed by atoms with Gasteiger partial charge in [-0.1, -0.05) is 86.6 Å². The minimum atomic E-state index is -0.432. The van der Waals surface area contributed by atoms with Gasteiger partial charge in [0, 0.05) is 5.41 Å². The number of nitrogens with zero attached hydrogens (tertiary/aromatic N) is 1. The lowest BCUT2D eigenvalue weighted by Gasteiger charge is -2.26. The van der Waals surface area contributed by atoms with Crippen LogP contribution >= 0.6 is 0 Å². The Morgan fingerprint density at radius 1 is 0.692 bits per heavy atom. The number of hydrazine groups is 1. The van der Waals surface area contributed by atoms with Gasteiger partial charge in [-0.25, -0.2) is 5.01 Å². The Hall–Kier alpha value is -4.84. The molecule has 0 bridgehead atoms. The van der Waals surface area contributed by atoms with Crippen molar-refractivity contribution in [2.75, 3.05) is 18.2 Å². The van der Waals surface area contributed by atoms with Crippen molar-refractivity contribution < 1.29 is 19.1 Å². The molecule has 39 heavy (non-hydrogen) atoms. The minimum absolute atomic E-state index is 0.0825. The van der Waals surface area contributed by atoms with Gasteiger partial charge in [0.15, 0.2) is 0 Å². The first-order valence-corrected chi connectivity index (χ1v) is 12.9. The number of hydrogen-bond donors (Lipinski definition) is 1. The van der Waals surface area contributed by atoms with Crippen LogP contribution in [-0.2, 0) is 15.0 Å². The maximum absolute atomic E-state index is 12.7. The molecule has 5 rings (SSSR count). The van der Waals surface area contributed by atoms with E-state index in [-0.39, 0.29) is 16.9 Å². The summed E-state index contributed by atoms with van der Waals surface area (Å²) in [6.45, 7) is 5.21. The van der Waals surface area contributed by atoms with Crippen LogP contribution in [-0.4, -0.2) is 25.0 Å². The first-order chi connectivity index (χ1) is 18.9. The summed E-state index contributed by atoms with van der Waals surface area (Å²) in [7, 11) is 0. The van der Waals surface area contributed by atoms with E-state index in [4.69, 9.17) is 9.47 Å². The van der Waals surface area contributed by atoms with E-state index >= 15 is 0 Å². The van der Waals surface area contributed by atoms with E-state index < -0.39 is 5.91 Å². The first kappa shape index (κ1) is 25.8. The largest absolute Gasteiger partial charge is 0.490 e. The first-order valence-electron chi connectivity index (χ1n) is 12.9. The topological polar surface area (TPSA) is 67.9 Å². The molecule has 1 aliphatic heterocycles. The summed E-state index contributed by atoms with van der Waals surface area (Å²) in [6, 6.07) is 34.9. The molecule has 6 heteroatoms. The molecule has 196 valence electrons. The third kappa shape index (κ3) is 5.85. The summed E-state index contributed by atoms with van der Waals surface area (Å²) in [5.74, 6) is 0.643. The lowest BCUT2D eigenvalue weighted by Crippen LogP contribution is -2.35. The van der Waals surface area contributed by atoms with E-state index in [1.54, 1.807) is 30.3 Å². The van der Waals surface area contributed by atoms with Crippen molar-refractivity contribution in [1.29, 1.82) is 0 Å². The van der Waals surface area contributed by atoms with Crippen LogP contribution in [0.15, 0.2) is 115 Å². The zero-order valence-electron chi connectivity index (χ0n) is 22.0. The predicted molar refractivity (Wildman–Crippen MR) is 152 cm³/mol. The molecule has 1 aliphatic rings. The number of rotatable bonds is 9. The fourth-order valence-corrected chi connectivity index (χ4v) is 4.45. The van der Waals surface area contributed by atoms with Crippen molar-refractivity contribution in [3.8, 4) is 11.5 Å². The maximum Gasteiger partial charge on any atom is 0.282 e. The van der Waals surface area contributed by atoms with Crippen LogP contribution in [0.1, 0.15) is 30.5 Å². The number of benzene rings is 4. The average Bonchev–Trinajstić information content (AvgIpc) is 3.25. The second-order valence-corrected chi connectivity index (χ2v) is 9.76. The fraction of sp³-hybridized carbons (Fsp3) is 0.152. The standard InChI is InChI=1S/C33H30N2O4/c1-33(2,25-9-5-3-6-10-25)26-15-19-29(20-16-26)39-22-21-38-28-17-13-24(14-18-28)23-30-31(36)34-35(32(30)37)27-11-7-4-8-12-27/h3-20,23H,21-22H2,1-2H3,(H,34,36)/b30-23+. The number of carbonyl (C=O) groups excluding carboxylic acids is 2. The summed E-state index contributed by atoms with van der Waals surface area (Å²) in [4.78, 5) is 25.1. The maximum atomic E-state index is 12.7. The van der Waals surface area contributed by atoms with Gasteiger partial charge in [-0.15, -0.1) is 0 Å². The molecular formula is C33H30N2O4. The smallest absolute Gasteiger partial charge is 0.282 e. The molecule has 2 amide bonds. The van der Waals surface area contributed by atoms with Gasteiger partial charge in [-0.05, 0) is 59.2 Å². The zero-order valence-corrected chi connectivity index (χ0v) is 22.0. The molecule has 0 spiro atoms. The molecule has 6 nitrogen and oxygen atoms in total. The van der Waals surface area contributed by atoms with Crippen molar-refractivity contribution >= 4 is 23.6 Å². The van der Waals surface area contributed by atoms with E-state index in [2.05, 4.69) is 55.7 Å². The lowest BCUT2D eigenvalue weighted by molar-refractivity contribution is -0.117. The molecule has 1 saturated heterocycles. The molecule has 0 atom stereocenters. The second kappa shape index (κ2) is 11.3. The third-order valence-corrected chi connectivity index (χ3v) is 6.79. The van der Waals surface area contributed by atoms with Crippen LogP contribution in [0.25, 0.3) is 6.08 Å². The Kier molecular flexibility index (Phi) is 7.46. The molecule has 0 aliphatic carbocycles. The summed E-state index contributed by atoms with van der Waals surface area (Å²) in [5.41, 5.74) is 6.41. The summed E-state index contributed by atoms with van der Waals surface area (Å²) < 4.78 is 11.7. The molecule has 1 N–H and O–H groups in total. The van der Waals surface area contributed by atoms with E-state index in [9.17, 15) is 9.59 Å². The molecule has 0 aromatic heterocycles. The SMILES string of the molecule is CC(C)(c1ccccc1)c1ccc(OCCOc2ccc(/C=C3\C(=O)NN(c4ccccc4)C3=O)cc2)cc1. The Morgan fingerprint density at radius 3 is 1.79 bits per heavy atom. The number of para-hydroxylation sites is 1. The number of amides is 2. The highest BCUT2D eigenvalue weighted by atomic mass is 16.5. The Bertz CT molecular complexity index is 1460. The van der Waals surface area contributed by atoms with Gasteiger partial charge in [-0.2, -0.15) is 0 Å². The van der Waals surface area contributed by atoms with Crippen molar-refractivity contribution in [3.63, 3.8) is 0 Å². The Labute approximate surface area is 228 Å². The van der Waals surface area contributed by atoms with E-state index in [0.29, 0.717) is 24.7 Å². The molecule has 4 aromatic rings. The molecule has 1 heterocycles. The van der Waals surface area contributed by atoms with Crippen LogP contribution in [0, 0.1) is 0 Å². The van der Waals surface area contributed by atoms with E-state index in [0.717, 1.165) is 11.3 Å². The van der Waals surface area contributed by atoms with Gasteiger partial charge in [-0.3, -0.25) is 15.0 Å². The summed E-state index contributed by atoms with van der Waals surface area (Å²) in [5, 5.41) is 1.25. The highest BCUT2D eigenvalue weighted by molar-refractivity contribution is 6.31. The van der Waals surface area contributed by atoms with Gasteiger partial charge >= 0.3 is 0 Å². The fourth-order valence-electron chi connectivity index (χ4n) is 4.45. The minimum Gasteiger partial charge on any atom is -0.490 e. The molecule has 0 saturated carbocycles. The van der Waals surface area contributed by atoms with Crippen LogP contribution in [0.4, 0.5) is 5.69 Å². The van der Waals surface area contributed by atoms with Gasteiger partial charge < -0.3 is 9.47 Å². The van der Waals surface area contributed by atoms with Gasteiger partial charge in [0.25, 0.3) is 11.8 Å². The second-order valence-electron chi connectivity index (χ2n) is 9.76. The monoisotopic (exact) mass is 518 g/mol. The van der Waals surface area contributed by atoms with Crippen molar-refractivity contribution in [2.24, 2.45) is 0 Å². The Balaban J connectivity index is 1.12. The van der Waals surface area contributed by atoms with Crippen molar-refractivity contribution in [2.45, 2.75) is 19.3 Å². The van der Waals surface area contributed by atoms with Gasteiger partial charge in [0.1, 0.15) is 30.3 Å². The molecular weight excluding hydrogens is 488 g/mol. The number of hydrogen-bond acceptors (Lipinski definition) is 4. The lowest BCUT2D eigenvalue weighted by atomic mass is 9.78. The van der Waals surface area contributed by atoms with Crippen LogP contribution in [0.5, 0.6) is 11.5 Å². The highest BCUT2D eigenvalue weighted by Gasteiger charge is 2.34. The normalized spacial score (nSPS) is 14.4. The number of ether oxygens (including phenoxy) is 2. The van der Waals surface area contributed by atoms with Crippen LogP contribution in [0.3, 0.4) is 0 Å². The number of anilines is 1. The Morgan fingerprint density at radius 2 is 1.21 bits per heavy atom. The predicted octanol–water partition coefficient (Wildman–Crippen LogP) is 5.93. The molecule has 1 fully saturated rings. The zero-order chi connectivity index (χ0) is 27.2. The third-order valence-electron chi connectivity index (χ3n) is 6.79. The highest BCUT2D eigenvalue weighted by Crippen LogP contribution is 2.32. The van der Waals surface area contributed by atoms with Crippen LogP contribution in [0.2, 0.25) is 0 Å². The summed E-state index contributed by atoms with van der Waals surface area (Å²) >= 11 is 0. The van der Waals surface area contributed by atoms with Crippen LogP contribution < -0.4 is 19.9 Å². The van der Waals surface area contributed by atoms with E-state index in [1.165, 1.54) is 16.1 Å². The molecule has 4 aromatic carbocycles. The summed E-state index contributed by atoms with van der Waals surface area (Å²) in [6.07, 6.45) is 1.58. The molecule has 0 radical (unpaired) electrons. The number of carbonyl (C=O) groups is 2. The van der Waals surface area contributed by atoms with Gasteiger partial charge in [0.05, 0.1) is 5.69 Å². The quantitative estimate of drug-likeness (QED) is 0.169. The van der Waals surface area contributed by atoms with E-state index in [1.807, 2.05) is 48.5 Å². The van der Waals surface area contributed by atoms with Gasteiger partial charge in [0.2, 0.25) is 0 Å². The van der Waals surface area contributed by atoms with Crippen molar-refractivity contribution in [1.82, 2.24) is 5.43 Å². The molecule has 0 unspecified atom stereocenters. The average molecular weight is 519 g/mol.